The van der Waals surface area contributed by atoms with Crippen molar-refractivity contribution in [3.05, 3.63) is 26.6 Å². The molecule has 0 fully saturated rings. The number of ether oxygens (including phenoxy) is 1. The van der Waals surface area contributed by atoms with Crippen LogP contribution in [0.2, 0.25) is 0 Å². The van der Waals surface area contributed by atoms with E-state index in [-0.39, 0.29) is 16.6 Å². The van der Waals surface area contributed by atoms with Crippen molar-refractivity contribution in [2.24, 2.45) is 0 Å². The minimum Gasteiger partial charge on any atom is -0.465 e. The summed E-state index contributed by atoms with van der Waals surface area (Å²) in [5, 5.41) is 0.211. The molecule has 0 radical (unpaired) electrons. The first-order valence-electron chi connectivity index (χ1n) is 4.12. The second kappa shape index (κ2) is 5.85. The molecule has 88 valence electrons. The Morgan fingerprint density at radius 3 is 2.75 bits per heavy atom. The van der Waals surface area contributed by atoms with E-state index in [0.29, 0.717) is 9.13 Å². The summed E-state index contributed by atoms with van der Waals surface area (Å²) in [5.74, 6) is -0.583. The number of carbonyl (C=O) groups is 1. The lowest BCUT2D eigenvalue weighted by Gasteiger charge is -2.10. The Morgan fingerprint density at radius 2 is 2.31 bits per heavy atom. The average Bonchev–Trinajstić information content (AvgIpc) is 2.27. The van der Waals surface area contributed by atoms with Crippen molar-refractivity contribution < 1.29 is 18.3 Å². The smallest absolute Gasteiger partial charge is 0.340 e. The molecular weight excluding hydrogens is 399 g/mol. The number of rotatable bonds is 3. The number of esters is 1. The number of methoxy groups -OCH3 is 1. The van der Waals surface area contributed by atoms with Crippen LogP contribution in [0.15, 0.2) is 6.20 Å². The minimum atomic E-state index is -2.66. The monoisotopic (exact) mass is 405 g/mol. The molecule has 0 amide bonds. The fraction of sp³-hybridized carbons (Fsp3) is 0.333. The summed E-state index contributed by atoms with van der Waals surface area (Å²) >= 11 is 4.94. The summed E-state index contributed by atoms with van der Waals surface area (Å²) in [5.41, 5.74) is 0.203. The minimum absolute atomic E-state index is 0.196. The van der Waals surface area contributed by atoms with E-state index in [0.717, 1.165) is 6.20 Å². The highest BCUT2D eigenvalue weighted by molar-refractivity contribution is 14.1. The molecule has 0 bridgehead atoms. The van der Waals surface area contributed by atoms with Gasteiger partial charge in [0.05, 0.1) is 12.7 Å². The molecule has 0 atom stereocenters. The summed E-state index contributed by atoms with van der Waals surface area (Å²) in [4.78, 5) is 14.9. The van der Waals surface area contributed by atoms with Crippen LogP contribution in [0.5, 0.6) is 0 Å². The van der Waals surface area contributed by atoms with Crippen LogP contribution >= 0.6 is 38.5 Å². The fourth-order valence-electron chi connectivity index (χ4n) is 1.11. The molecule has 0 unspecified atom stereocenters. The number of nitrogens with zero attached hydrogens (tertiary/aromatic N) is 1. The van der Waals surface area contributed by atoms with E-state index in [2.05, 4.69) is 25.7 Å². The molecule has 0 N–H and O–H groups in total. The van der Waals surface area contributed by atoms with Gasteiger partial charge in [-0.05, 0) is 22.6 Å². The Labute approximate surface area is 113 Å². The van der Waals surface area contributed by atoms with E-state index >= 15 is 0 Å². The molecule has 0 aromatic carbocycles. The first-order chi connectivity index (χ1) is 7.52. The number of halogens is 4. The van der Waals surface area contributed by atoms with E-state index in [1.165, 1.54) is 7.11 Å². The lowest BCUT2D eigenvalue weighted by Crippen LogP contribution is -2.09. The Bertz CT molecular complexity index is 415. The topological polar surface area (TPSA) is 39.2 Å². The van der Waals surface area contributed by atoms with Gasteiger partial charge in [0.1, 0.15) is 5.69 Å². The molecule has 0 aliphatic carbocycles. The van der Waals surface area contributed by atoms with Crippen molar-refractivity contribution in [3.8, 4) is 0 Å². The number of aromatic nitrogens is 1. The summed E-state index contributed by atoms with van der Waals surface area (Å²) in [7, 11) is 1.23. The molecule has 0 saturated carbocycles. The molecule has 0 aliphatic rings. The molecule has 1 heterocycles. The number of pyridine rings is 1. The Kier molecular flexibility index (Phi) is 5.03. The van der Waals surface area contributed by atoms with Gasteiger partial charge in [-0.1, -0.05) is 15.9 Å². The van der Waals surface area contributed by atoms with Crippen molar-refractivity contribution in [2.45, 2.75) is 11.8 Å². The molecule has 16 heavy (non-hydrogen) atoms. The third-order valence-corrected chi connectivity index (χ3v) is 3.68. The fourth-order valence-corrected chi connectivity index (χ4v) is 3.03. The number of carbonyl (C=O) groups excluding carboxylic acids is 1. The highest BCUT2D eigenvalue weighted by Gasteiger charge is 2.21. The van der Waals surface area contributed by atoms with Crippen LogP contribution in [0.3, 0.4) is 0 Å². The van der Waals surface area contributed by atoms with Crippen LogP contribution in [0.4, 0.5) is 8.78 Å². The zero-order valence-electron chi connectivity index (χ0n) is 8.14. The number of alkyl halides is 3. The first-order valence-corrected chi connectivity index (χ1v) is 6.32. The predicted octanol–water partition coefficient (Wildman–Crippen LogP) is 3.31. The lowest BCUT2D eigenvalue weighted by atomic mass is 10.1. The molecule has 1 aromatic rings. The van der Waals surface area contributed by atoms with E-state index in [9.17, 15) is 13.6 Å². The van der Waals surface area contributed by atoms with Gasteiger partial charge in [-0.2, -0.15) is 0 Å². The molecular formula is C9H7BrF2INO2. The summed E-state index contributed by atoms with van der Waals surface area (Å²) in [6, 6.07) is 0. The predicted molar refractivity (Wildman–Crippen MR) is 65.9 cm³/mol. The van der Waals surface area contributed by atoms with Crippen LogP contribution in [0, 0.1) is 3.57 Å². The number of hydrogen-bond donors (Lipinski definition) is 0. The SMILES string of the molecule is COC(=O)c1cnc(C(F)F)c(CBr)c1I. The quantitative estimate of drug-likeness (QED) is 0.440. The van der Waals surface area contributed by atoms with Crippen LogP contribution in [0.1, 0.15) is 28.0 Å². The van der Waals surface area contributed by atoms with Gasteiger partial charge in [0, 0.05) is 20.7 Å². The van der Waals surface area contributed by atoms with Crippen LogP contribution in [-0.2, 0) is 10.1 Å². The van der Waals surface area contributed by atoms with Crippen LogP contribution < -0.4 is 0 Å². The van der Waals surface area contributed by atoms with Gasteiger partial charge in [0.2, 0.25) is 0 Å². The maximum atomic E-state index is 12.6. The first kappa shape index (κ1) is 13.8. The second-order valence-electron chi connectivity index (χ2n) is 2.78. The standard InChI is InChI=1S/C9H7BrF2INO2/c1-16-9(15)5-3-14-7(8(11)12)4(2-10)6(5)13/h3,8H,2H2,1H3. The van der Waals surface area contributed by atoms with E-state index in [1.54, 1.807) is 0 Å². The van der Waals surface area contributed by atoms with E-state index in [1.807, 2.05) is 22.6 Å². The molecule has 0 spiro atoms. The van der Waals surface area contributed by atoms with Gasteiger partial charge in [-0.3, -0.25) is 4.98 Å². The van der Waals surface area contributed by atoms with E-state index < -0.39 is 12.4 Å². The van der Waals surface area contributed by atoms with Gasteiger partial charge < -0.3 is 4.74 Å². The Balaban J connectivity index is 3.34. The van der Waals surface area contributed by atoms with Gasteiger partial charge in [-0.25, -0.2) is 13.6 Å². The molecule has 3 nitrogen and oxygen atoms in total. The average molecular weight is 406 g/mol. The summed E-state index contributed by atoms with van der Waals surface area (Å²) < 4.78 is 30.2. The Morgan fingerprint density at radius 1 is 1.69 bits per heavy atom. The third-order valence-electron chi connectivity index (χ3n) is 1.89. The molecule has 0 aliphatic heterocycles. The van der Waals surface area contributed by atoms with Crippen LogP contribution in [-0.4, -0.2) is 18.1 Å². The third kappa shape index (κ3) is 2.68. The zero-order valence-corrected chi connectivity index (χ0v) is 11.9. The van der Waals surface area contributed by atoms with Crippen molar-refractivity contribution in [1.82, 2.24) is 4.98 Å². The summed E-state index contributed by atoms with van der Waals surface area (Å²) in [6.45, 7) is 0. The maximum absolute atomic E-state index is 12.6. The number of hydrogen-bond acceptors (Lipinski definition) is 3. The van der Waals surface area contributed by atoms with Gasteiger partial charge >= 0.3 is 5.97 Å². The second-order valence-corrected chi connectivity index (χ2v) is 4.42. The van der Waals surface area contributed by atoms with Crippen molar-refractivity contribution in [3.63, 3.8) is 0 Å². The van der Waals surface area contributed by atoms with Crippen molar-refractivity contribution >= 4 is 44.5 Å². The lowest BCUT2D eigenvalue weighted by molar-refractivity contribution is 0.0598. The van der Waals surface area contributed by atoms with Crippen molar-refractivity contribution in [2.75, 3.05) is 7.11 Å². The zero-order chi connectivity index (χ0) is 12.3. The largest absolute Gasteiger partial charge is 0.465 e. The normalized spacial score (nSPS) is 10.6. The molecule has 7 heteroatoms. The summed E-state index contributed by atoms with van der Waals surface area (Å²) in [6.07, 6.45) is -1.55. The van der Waals surface area contributed by atoms with Crippen molar-refractivity contribution in [1.29, 1.82) is 0 Å². The molecule has 0 saturated heterocycles. The molecule has 1 rings (SSSR count). The maximum Gasteiger partial charge on any atom is 0.340 e. The van der Waals surface area contributed by atoms with Crippen LogP contribution in [0.25, 0.3) is 0 Å². The van der Waals surface area contributed by atoms with Gasteiger partial charge in [0.15, 0.2) is 0 Å². The molecule has 1 aromatic heterocycles. The Hall–Kier alpha value is -0.310. The van der Waals surface area contributed by atoms with Gasteiger partial charge in [-0.15, -0.1) is 0 Å². The van der Waals surface area contributed by atoms with Gasteiger partial charge in [0.25, 0.3) is 6.43 Å². The van der Waals surface area contributed by atoms with E-state index in [4.69, 9.17) is 0 Å². The highest BCUT2D eigenvalue weighted by atomic mass is 127. The highest BCUT2D eigenvalue weighted by Crippen LogP contribution is 2.28.